The number of benzene rings is 2. The maximum absolute atomic E-state index is 14.7. The van der Waals surface area contributed by atoms with Gasteiger partial charge in [0.1, 0.15) is 11.6 Å². The summed E-state index contributed by atoms with van der Waals surface area (Å²) >= 11 is 0. The van der Waals surface area contributed by atoms with Crippen LogP contribution in [0, 0.1) is 23.1 Å². The molecule has 0 radical (unpaired) electrons. The summed E-state index contributed by atoms with van der Waals surface area (Å²) in [5, 5.41) is 9.64. The Kier molecular flexibility index (Phi) is 6.29. The number of rotatable bonds is 8. The molecule has 0 amide bonds. The van der Waals surface area contributed by atoms with Gasteiger partial charge >= 0.3 is 5.97 Å². The molecule has 0 bridgehead atoms. The maximum atomic E-state index is 14.7. The van der Waals surface area contributed by atoms with Crippen LogP contribution in [0.2, 0.25) is 0 Å². The van der Waals surface area contributed by atoms with Crippen molar-refractivity contribution < 1.29 is 23.8 Å². The largest absolute Gasteiger partial charge is 0.490 e. The van der Waals surface area contributed by atoms with E-state index in [-0.39, 0.29) is 28.9 Å². The zero-order chi connectivity index (χ0) is 25.6. The van der Waals surface area contributed by atoms with Crippen molar-refractivity contribution in [2.45, 2.75) is 76.9 Å². The Labute approximate surface area is 216 Å². The molecule has 1 heterocycles. The van der Waals surface area contributed by atoms with Crippen molar-refractivity contribution in [2.75, 3.05) is 0 Å². The van der Waals surface area contributed by atoms with Crippen LogP contribution < -0.4 is 4.74 Å². The third-order valence-corrected chi connectivity index (χ3v) is 8.93. The molecule has 1 N–H and O–H groups in total. The van der Waals surface area contributed by atoms with Gasteiger partial charge in [0, 0.05) is 30.1 Å². The number of carbonyl (C=O) groups excluding carboxylic acids is 1. The zero-order valence-corrected chi connectivity index (χ0v) is 21.1. The fraction of sp³-hybridized carbons (Fsp3) is 0.484. The normalized spacial score (nSPS) is 25.5. The van der Waals surface area contributed by atoms with E-state index in [1.807, 2.05) is 35.0 Å². The Morgan fingerprint density at radius 3 is 2.41 bits per heavy atom. The number of ketones is 1. The van der Waals surface area contributed by atoms with Crippen LogP contribution >= 0.6 is 0 Å². The van der Waals surface area contributed by atoms with Gasteiger partial charge in [-0.3, -0.25) is 9.59 Å². The molecule has 5 nitrogen and oxygen atoms in total. The Hall–Kier alpha value is -3.15. The van der Waals surface area contributed by atoms with E-state index in [9.17, 15) is 14.0 Å². The van der Waals surface area contributed by atoms with Crippen LogP contribution in [0.15, 0.2) is 48.7 Å². The number of Topliss-reactive ketones (excluding diaryl/α,β-unsaturated/α-hetero) is 1. The highest BCUT2D eigenvalue weighted by Crippen LogP contribution is 2.62. The minimum Gasteiger partial charge on any atom is -0.490 e. The molecule has 37 heavy (non-hydrogen) atoms. The molecule has 0 aliphatic heterocycles. The van der Waals surface area contributed by atoms with Crippen molar-refractivity contribution >= 4 is 22.7 Å². The molecule has 0 unspecified atom stereocenters. The highest BCUT2D eigenvalue weighted by molar-refractivity contribution is 6.07. The second-order valence-corrected chi connectivity index (χ2v) is 11.7. The Morgan fingerprint density at radius 2 is 1.70 bits per heavy atom. The number of carboxylic acids is 1. The number of halogens is 1. The van der Waals surface area contributed by atoms with Crippen molar-refractivity contribution in [3.8, 4) is 5.75 Å². The molecule has 194 valence electrons. The summed E-state index contributed by atoms with van der Waals surface area (Å²) in [4.78, 5) is 24.5. The Bertz CT molecular complexity index is 1310. The fourth-order valence-corrected chi connectivity index (χ4v) is 7.07. The van der Waals surface area contributed by atoms with E-state index in [4.69, 9.17) is 9.84 Å². The molecule has 3 fully saturated rings. The summed E-state index contributed by atoms with van der Waals surface area (Å²) in [6.07, 6.45) is 11.9. The summed E-state index contributed by atoms with van der Waals surface area (Å²) in [7, 11) is 0. The summed E-state index contributed by atoms with van der Waals surface area (Å²) < 4.78 is 22.8. The van der Waals surface area contributed by atoms with E-state index in [0.29, 0.717) is 35.5 Å². The van der Waals surface area contributed by atoms with Crippen LogP contribution in [0.1, 0.15) is 80.1 Å². The van der Waals surface area contributed by atoms with Crippen molar-refractivity contribution in [1.29, 1.82) is 0 Å². The van der Waals surface area contributed by atoms with Crippen LogP contribution in [-0.4, -0.2) is 27.5 Å². The van der Waals surface area contributed by atoms with Gasteiger partial charge < -0.3 is 14.4 Å². The molecule has 0 atom stereocenters. The van der Waals surface area contributed by atoms with E-state index in [1.54, 1.807) is 12.1 Å². The van der Waals surface area contributed by atoms with Gasteiger partial charge in [-0.15, -0.1) is 0 Å². The first-order valence-electron chi connectivity index (χ1n) is 13.7. The quantitative estimate of drug-likeness (QED) is 0.336. The van der Waals surface area contributed by atoms with E-state index in [1.165, 1.54) is 25.3 Å². The number of carbonyl (C=O) groups is 2. The van der Waals surface area contributed by atoms with Crippen LogP contribution in [-0.2, 0) is 11.3 Å². The van der Waals surface area contributed by atoms with Crippen molar-refractivity contribution in [1.82, 2.24) is 4.57 Å². The van der Waals surface area contributed by atoms with Gasteiger partial charge in [-0.05, 0) is 98.6 Å². The molecule has 3 aromatic rings. The second kappa shape index (κ2) is 9.62. The number of fused-ring (bicyclic) bond motifs is 1. The van der Waals surface area contributed by atoms with Gasteiger partial charge in [-0.25, -0.2) is 4.39 Å². The lowest BCUT2D eigenvalue weighted by molar-refractivity contribution is -0.157. The first-order chi connectivity index (χ1) is 17.9. The number of hydrogen-bond donors (Lipinski definition) is 1. The lowest BCUT2D eigenvalue weighted by atomic mass is 9.47. The maximum Gasteiger partial charge on any atom is 0.306 e. The average Bonchev–Trinajstić information content (AvgIpc) is 3.26. The molecule has 2 aromatic carbocycles. The minimum atomic E-state index is -0.703. The molecule has 3 saturated carbocycles. The highest BCUT2D eigenvalue weighted by Gasteiger charge is 2.54. The Morgan fingerprint density at radius 1 is 0.973 bits per heavy atom. The van der Waals surface area contributed by atoms with Crippen LogP contribution in [0.3, 0.4) is 0 Å². The number of carboxylic acid groups (broad SMARTS) is 1. The lowest BCUT2D eigenvalue weighted by Gasteiger charge is -2.56. The molecule has 1 spiro atoms. The van der Waals surface area contributed by atoms with Gasteiger partial charge in [0.2, 0.25) is 0 Å². The van der Waals surface area contributed by atoms with E-state index >= 15 is 0 Å². The van der Waals surface area contributed by atoms with E-state index < -0.39 is 5.97 Å². The van der Waals surface area contributed by atoms with E-state index in [2.05, 4.69) is 0 Å². The number of aliphatic carboxylic acids is 1. The number of ether oxygens (including phenoxy) is 1. The Balaban J connectivity index is 1.14. The van der Waals surface area contributed by atoms with Crippen LogP contribution in [0.25, 0.3) is 10.9 Å². The van der Waals surface area contributed by atoms with Crippen molar-refractivity contribution in [3.05, 3.63) is 65.6 Å². The molecule has 6 heteroatoms. The fourth-order valence-electron chi connectivity index (χ4n) is 7.07. The van der Waals surface area contributed by atoms with E-state index in [0.717, 1.165) is 49.8 Å². The van der Waals surface area contributed by atoms with Crippen molar-refractivity contribution in [2.24, 2.45) is 17.3 Å². The SMILES string of the molecule is O=C(CC1CC2(C1)CC(C(=O)O)C2)c1ccc(F)c2ccn(Cc3ccc(OC4CCCCC4)cc3)c12. The first-order valence-corrected chi connectivity index (χ1v) is 13.7. The third-order valence-electron chi connectivity index (χ3n) is 8.93. The monoisotopic (exact) mass is 503 g/mol. The molecule has 6 rings (SSSR count). The van der Waals surface area contributed by atoms with Crippen molar-refractivity contribution in [3.63, 3.8) is 0 Å². The number of hydrogen-bond acceptors (Lipinski definition) is 3. The van der Waals surface area contributed by atoms with Crippen LogP contribution in [0.5, 0.6) is 5.75 Å². The van der Waals surface area contributed by atoms with Crippen LogP contribution in [0.4, 0.5) is 4.39 Å². The molecular formula is C31H34FNO4. The number of nitrogens with zero attached hydrogens (tertiary/aromatic N) is 1. The summed E-state index contributed by atoms with van der Waals surface area (Å²) in [6, 6.07) is 12.9. The average molecular weight is 504 g/mol. The minimum absolute atomic E-state index is 0.0372. The van der Waals surface area contributed by atoms with Gasteiger partial charge in [0.25, 0.3) is 0 Å². The predicted octanol–water partition coefficient (Wildman–Crippen LogP) is 7.00. The lowest BCUT2D eigenvalue weighted by Crippen LogP contribution is -2.50. The molecule has 3 aliphatic rings. The topological polar surface area (TPSA) is 68.5 Å². The molecule has 0 saturated heterocycles. The highest BCUT2D eigenvalue weighted by atomic mass is 19.1. The van der Waals surface area contributed by atoms with Gasteiger partial charge in [-0.1, -0.05) is 18.6 Å². The molecule has 1 aromatic heterocycles. The van der Waals surface area contributed by atoms with Gasteiger partial charge in [0.05, 0.1) is 17.5 Å². The van der Waals surface area contributed by atoms with Gasteiger partial charge in [0.15, 0.2) is 5.78 Å². The standard InChI is InChI=1S/C31H34FNO4/c32-27-11-10-26(28(34)14-21-15-31(16-21)17-22(18-31)30(35)36)29-25(27)12-13-33(29)19-20-6-8-24(9-7-20)37-23-4-2-1-3-5-23/h6-13,21-23H,1-5,14-19H2,(H,35,36). The van der Waals surface area contributed by atoms with Gasteiger partial charge in [-0.2, -0.15) is 0 Å². The number of aromatic nitrogens is 1. The predicted molar refractivity (Wildman–Crippen MR) is 139 cm³/mol. The third kappa shape index (κ3) is 4.78. The molecule has 3 aliphatic carbocycles. The summed E-state index contributed by atoms with van der Waals surface area (Å²) in [5.74, 6) is -0.0409. The summed E-state index contributed by atoms with van der Waals surface area (Å²) in [5.41, 5.74) is 2.42. The first kappa shape index (κ1) is 24.2. The summed E-state index contributed by atoms with van der Waals surface area (Å²) in [6.45, 7) is 0.542. The second-order valence-electron chi connectivity index (χ2n) is 11.7. The smallest absolute Gasteiger partial charge is 0.306 e. The molecular weight excluding hydrogens is 469 g/mol. The zero-order valence-electron chi connectivity index (χ0n) is 21.1.